The number of benzene rings is 2. The molecule has 0 bridgehead atoms. The van der Waals surface area contributed by atoms with Gasteiger partial charge in [-0.3, -0.25) is 0 Å². The fraction of sp³-hybridized carbons (Fsp3) is 0.133. The van der Waals surface area contributed by atoms with Crippen molar-refractivity contribution in [2.75, 3.05) is 0 Å². The van der Waals surface area contributed by atoms with Crippen LogP contribution in [0.5, 0.6) is 5.75 Å². The molecule has 98 valence electrons. The molecule has 0 aliphatic heterocycles. The summed E-state index contributed by atoms with van der Waals surface area (Å²) >= 11 is 0. The highest BCUT2D eigenvalue weighted by molar-refractivity contribution is 6.00. The van der Waals surface area contributed by atoms with Crippen LogP contribution in [0.2, 0.25) is 0 Å². The number of oxime groups is 1. The molecule has 0 saturated heterocycles. The van der Waals surface area contributed by atoms with Crippen molar-refractivity contribution in [2.24, 2.45) is 5.16 Å². The van der Waals surface area contributed by atoms with E-state index in [0.717, 1.165) is 5.56 Å². The predicted octanol–water partition coefficient (Wildman–Crippen LogP) is 3.60. The molecule has 0 aliphatic carbocycles. The van der Waals surface area contributed by atoms with E-state index in [9.17, 15) is 4.39 Å². The molecule has 0 fully saturated rings. The highest BCUT2D eigenvalue weighted by Crippen LogP contribution is 2.21. The van der Waals surface area contributed by atoms with E-state index in [1.54, 1.807) is 6.92 Å². The van der Waals surface area contributed by atoms with E-state index in [1.807, 2.05) is 30.3 Å². The van der Waals surface area contributed by atoms with Crippen LogP contribution in [0.15, 0.2) is 53.7 Å². The topological polar surface area (TPSA) is 41.8 Å². The summed E-state index contributed by atoms with van der Waals surface area (Å²) in [7, 11) is 0. The van der Waals surface area contributed by atoms with Gasteiger partial charge in [0.25, 0.3) is 0 Å². The molecule has 0 radical (unpaired) electrons. The number of hydrogen-bond donors (Lipinski definition) is 1. The molecule has 0 amide bonds. The second kappa shape index (κ2) is 6.00. The smallest absolute Gasteiger partial charge is 0.129 e. The van der Waals surface area contributed by atoms with Crippen LogP contribution in [0.3, 0.4) is 0 Å². The average molecular weight is 259 g/mol. The monoisotopic (exact) mass is 259 g/mol. The van der Waals surface area contributed by atoms with Gasteiger partial charge >= 0.3 is 0 Å². The molecular weight excluding hydrogens is 245 g/mol. The Bertz CT molecular complexity index is 582. The van der Waals surface area contributed by atoms with Crippen molar-refractivity contribution in [1.82, 2.24) is 0 Å². The summed E-state index contributed by atoms with van der Waals surface area (Å²) in [5.41, 5.74) is 1.76. The maximum absolute atomic E-state index is 13.2. The number of ether oxygens (including phenoxy) is 1. The van der Waals surface area contributed by atoms with E-state index in [-0.39, 0.29) is 0 Å². The third kappa shape index (κ3) is 3.31. The molecule has 0 saturated carbocycles. The molecule has 0 unspecified atom stereocenters. The summed E-state index contributed by atoms with van der Waals surface area (Å²) < 4.78 is 18.9. The predicted molar refractivity (Wildman–Crippen MR) is 71.2 cm³/mol. The van der Waals surface area contributed by atoms with Gasteiger partial charge < -0.3 is 9.94 Å². The highest BCUT2D eigenvalue weighted by atomic mass is 19.1. The normalized spacial score (nSPS) is 11.4. The van der Waals surface area contributed by atoms with Gasteiger partial charge in [0.2, 0.25) is 0 Å². The SMILES string of the molecule is CC(=NO)c1cc(F)ccc1OCc1ccccc1. The summed E-state index contributed by atoms with van der Waals surface area (Å²) in [6.07, 6.45) is 0. The third-order valence-corrected chi connectivity index (χ3v) is 2.72. The lowest BCUT2D eigenvalue weighted by molar-refractivity contribution is 0.303. The number of rotatable bonds is 4. The molecule has 2 aromatic rings. The Labute approximate surface area is 111 Å². The van der Waals surface area contributed by atoms with Crippen LogP contribution in [0.25, 0.3) is 0 Å². The Morgan fingerprint density at radius 1 is 1.21 bits per heavy atom. The van der Waals surface area contributed by atoms with Crippen molar-refractivity contribution in [3.63, 3.8) is 0 Å². The lowest BCUT2D eigenvalue weighted by Crippen LogP contribution is -2.03. The molecule has 2 rings (SSSR count). The zero-order valence-corrected chi connectivity index (χ0v) is 10.5. The Morgan fingerprint density at radius 2 is 1.95 bits per heavy atom. The summed E-state index contributed by atoms with van der Waals surface area (Å²) in [4.78, 5) is 0. The van der Waals surface area contributed by atoms with E-state index >= 15 is 0 Å². The van der Waals surface area contributed by atoms with Gasteiger partial charge in [-0.15, -0.1) is 0 Å². The average Bonchev–Trinajstić information content (AvgIpc) is 2.46. The zero-order chi connectivity index (χ0) is 13.7. The lowest BCUT2D eigenvalue weighted by Gasteiger charge is -2.11. The van der Waals surface area contributed by atoms with Crippen LogP contribution in [-0.2, 0) is 6.61 Å². The van der Waals surface area contributed by atoms with Gasteiger partial charge in [0.1, 0.15) is 18.2 Å². The van der Waals surface area contributed by atoms with Crippen LogP contribution in [0, 0.1) is 5.82 Å². The first-order valence-electron chi connectivity index (χ1n) is 5.86. The minimum atomic E-state index is -0.398. The van der Waals surface area contributed by atoms with Crippen molar-refractivity contribution in [2.45, 2.75) is 13.5 Å². The van der Waals surface area contributed by atoms with Gasteiger partial charge in [-0.2, -0.15) is 0 Å². The van der Waals surface area contributed by atoms with Crippen molar-refractivity contribution in [3.8, 4) is 5.75 Å². The Kier molecular flexibility index (Phi) is 4.13. The van der Waals surface area contributed by atoms with Crippen LogP contribution < -0.4 is 4.74 Å². The number of hydrogen-bond acceptors (Lipinski definition) is 3. The van der Waals surface area contributed by atoms with Gasteiger partial charge in [-0.05, 0) is 30.7 Å². The van der Waals surface area contributed by atoms with Gasteiger partial charge in [0.05, 0.1) is 5.71 Å². The minimum absolute atomic E-state index is 0.308. The Morgan fingerprint density at radius 3 is 2.63 bits per heavy atom. The maximum Gasteiger partial charge on any atom is 0.129 e. The van der Waals surface area contributed by atoms with Gasteiger partial charge in [-0.1, -0.05) is 35.5 Å². The second-order valence-electron chi connectivity index (χ2n) is 4.10. The molecule has 4 heteroatoms. The van der Waals surface area contributed by atoms with E-state index in [1.165, 1.54) is 18.2 Å². The fourth-order valence-electron chi connectivity index (χ4n) is 1.70. The van der Waals surface area contributed by atoms with Crippen LogP contribution in [0.1, 0.15) is 18.1 Å². The standard InChI is InChI=1S/C15H14FNO2/c1-11(17-18)14-9-13(16)7-8-15(14)19-10-12-5-3-2-4-6-12/h2-9,18H,10H2,1H3. The first-order chi connectivity index (χ1) is 9.20. The molecule has 19 heavy (non-hydrogen) atoms. The first kappa shape index (κ1) is 13.1. The zero-order valence-electron chi connectivity index (χ0n) is 10.5. The summed E-state index contributed by atoms with van der Waals surface area (Å²) in [6.45, 7) is 1.96. The highest BCUT2D eigenvalue weighted by Gasteiger charge is 2.09. The maximum atomic E-state index is 13.2. The van der Waals surface area contributed by atoms with Crippen molar-refractivity contribution in [1.29, 1.82) is 0 Å². The lowest BCUT2D eigenvalue weighted by atomic mass is 10.1. The quantitative estimate of drug-likeness (QED) is 0.518. The van der Waals surface area contributed by atoms with Crippen molar-refractivity contribution < 1.29 is 14.3 Å². The molecule has 0 aromatic heterocycles. The summed E-state index contributed by atoms with van der Waals surface area (Å²) in [5.74, 6) is 0.0885. The van der Waals surface area contributed by atoms with Crippen LogP contribution in [-0.4, -0.2) is 10.9 Å². The minimum Gasteiger partial charge on any atom is -0.488 e. The summed E-state index contributed by atoms with van der Waals surface area (Å²) in [5, 5.41) is 11.9. The molecule has 2 aromatic carbocycles. The van der Waals surface area contributed by atoms with E-state index in [4.69, 9.17) is 9.94 Å². The van der Waals surface area contributed by atoms with E-state index in [0.29, 0.717) is 23.6 Å². The van der Waals surface area contributed by atoms with Crippen molar-refractivity contribution >= 4 is 5.71 Å². The van der Waals surface area contributed by atoms with Crippen molar-refractivity contribution in [3.05, 3.63) is 65.5 Å². The molecule has 1 N–H and O–H groups in total. The largest absolute Gasteiger partial charge is 0.488 e. The van der Waals surface area contributed by atoms with E-state index < -0.39 is 5.82 Å². The molecule has 0 aliphatic rings. The van der Waals surface area contributed by atoms with E-state index in [2.05, 4.69) is 5.16 Å². The second-order valence-corrected chi connectivity index (χ2v) is 4.10. The molecule has 0 spiro atoms. The molecule has 0 atom stereocenters. The number of nitrogens with zero attached hydrogens (tertiary/aromatic N) is 1. The number of halogens is 1. The molecule has 0 heterocycles. The summed E-state index contributed by atoms with van der Waals surface area (Å²) in [6, 6.07) is 13.8. The third-order valence-electron chi connectivity index (χ3n) is 2.72. The fourth-order valence-corrected chi connectivity index (χ4v) is 1.70. The Balaban J connectivity index is 2.20. The van der Waals surface area contributed by atoms with Crippen LogP contribution in [0.4, 0.5) is 4.39 Å². The Hall–Kier alpha value is -2.36. The molecule has 3 nitrogen and oxygen atoms in total. The molecular formula is C15H14FNO2. The van der Waals surface area contributed by atoms with Gasteiger partial charge in [0, 0.05) is 5.56 Å². The van der Waals surface area contributed by atoms with Gasteiger partial charge in [0.15, 0.2) is 0 Å². The van der Waals surface area contributed by atoms with Gasteiger partial charge in [-0.25, -0.2) is 4.39 Å². The first-order valence-corrected chi connectivity index (χ1v) is 5.86. The van der Waals surface area contributed by atoms with Crippen LogP contribution >= 0.6 is 0 Å².